The topological polar surface area (TPSA) is 37.3 Å². The number of piperidine rings is 2. The van der Waals surface area contributed by atoms with E-state index in [0.29, 0.717) is 6.61 Å². The van der Waals surface area contributed by atoms with Crippen molar-refractivity contribution in [1.82, 2.24) is 9.80 Å². The van der Waals surface area contributed by atoms with Crippen molar-refractivity contribution in [3.8, 4) is 0 Å². The van der Waals surface area contributed by atoms with Crippen LogP contribution in [0.2, 0.25) is 0 Å². The summed E-state index contributed by atoms with van der Waals surface area (Å²) in [6.07, 6.45) is 9.12. The summed E-state index contributed by atoms with van der Waals surface area (Å²) in [6.45, 7) is 7.52. The predicted octanol–water partition coefficient (Wildman–Crippen LogP) is 2.08. The van der Waals surface area contributed by atoms with Crippen LogP contribution >= 0.6 is 0 Å². The molecule has 1 atom stereocenters. The number of nitrogens with zero attached hydrogens (tertiary/aromatic N) is 3. The van der Waals surface area contributed by atoms with Gasteiger partial charge in [-0.2, -0.15) is 0 Å². The lowest BCUT2D eigenvalue weighted by Crippen LogP contribution is -2.42. The molecule has 5 heteroatoms. The number of hydrogen-bond acceptors (Lipinski definition) is 5. The Morgan fingerprint density at radius 2 is 1.57 bits per heavy atom. The Kier molecular flexibility index (Phi) is 5.75. The largest absolute Gasteiger partial charge is 0.470 e. The fraction of sp³-hybridized carbons (Fsp3) is 0.938. The second-order valence-corrected chi connectivity index (χ2v) is 6.53. The molecule has 0 aromatic rings. The van der Waals surface area contributed by atoms with Crippen LogP contribution in [0.3, 0.4) is 0 Å². The number of likely N-dealkylation sites (tertiary alicyclic amines) is 2. The molecule has 21 heavy (non-hydrogen) atoms. The second kappa shape index (κ2) is 7.99. The minimum atomic E-state index is 0.164. The summed E-state index contributed by atoms with van der Waals surface area (Å²) in [7, 11) is 0. The zero-order valence-electron chi connectivity index (χ0n) is 13.1. The third kappa shape index (κ3) is 4.85. The molecule has 2 saturated heterocycles. The van der Waals surface area contributed by atoms with Gasteiger partial charge in [-0.05, 0) is 51.9 Å². The first-order valence-corrected chi connectivity index (χ1v) is 8.70. The van der Waals surface area contributed by atoms with Crippen LogP contribution in [0.1, 0.15) is 44.9 Å². The molecule has 0 spiro atoms. The lowest BCUT2D eigenvalue weighted by Gasteiger charge is -2.32. The summed E-state index contributed by atoms with van der Waals surface area (Å²) in [5.41, 5.74) is 0. The van der Waals surface area contributed by atoms with E-state index in [4.69, 9.17) is 9.57 Å². The first-order chi connectivity index (χ1) is 10.4. The molecule has 0 aliphatic carbocycles. The number of hydrogen-bond donors (Lipinski definition) is 0. The van der Waals surface area contributed by atoms with Crippen LogP contribution in [0.5, 0.6) is 0 Å². The van der Waals surface area contributed by atoms with E-state index in [0.717, 1.165) is 25.4 Å². The van der Waals surface area contributed by atoms with E-state index in [9.17, 15) is 0 Å². The van der Waals surface area contributed by atoms with Gasteiger partial charge in [0.1, 0.15) is 6.10 Å². The normalized spacial score (nSPS) is 28.6. The molecule has 0 unspecified atom stereocenters. The van der Waals surface area contributed by atoms with E-state index in [1.807, 2.05) is 0 Å². The van der Waals surface area contributed by atoms with Gasteiger partial charge in [-0.25, -0.2) is 0 Å². The van der Waals surface area contributed by atoms with Crippen molar-refractivity contribution in [3.63, 3.8) is 0 Å². The van der Waals surface area contributed by atoms with E-state index in [1.165, 1.54) is 64.7 Å². The highest BCUT2D eigenvalue weighted by molar-refractivity contribution is 5.76. The summed E-state index contributed by atoms with van der Waals surface area (Å²) in [6, 6.07) is 0. The predicted molar refractivity (Wildman–Crippen MR) is 83.5 cm³/mol. The van der Waals surface area contributed by atoms with Crippen molar-refractivity contribution in [2.24, 2.45) is 5.16 Å². The van der Waals surface area contributed by atoms with Gasteiger partial charge in [0, 0.05) is 19.5 Å². The fourth-order valence-corrected chi connectivity index (χ4v) is 3.50. The van der Waals surface area contributed by atoms with Crippen LogP contribution in [0, 0.1) is 0 Å². The molecule has 0 bridgehead atoms. The highest BCUT2D eigenvalue weighted by atomic mass is 16.7. The first kappa shape index (κ1) is 15.1. The Morgan fingerprint density at radius 3 is 2.29 bits per heavy atom. The molecular formula is C16H29N3O2. The summed E-state index contributed by atoms with van der Waals surface area (Å²) in [5.74, 6) is 0.800. The van der Waals surface area contributed by atoms with Crippen LogP contribution in [-0.2, 0) is 9.57 Å². The van der Waals surface area contributed by atoms with Gasteiger partial charge in [0.15, 0.2) is 6.61 Å². The molecule has 0 amide bonds. The Hall–Kier alpha value is -0.810. The maximum Gasteiger partial charge on any atom is 0.227 e. The molecule has 0 radical (unpaired) electrons. The van der Waals surface area contributed by atoms with Gasteiger partial charge in [-0.15, -0.1) is 0 Å². The van der Waals surface area contributed by atoms with Crippen LogP contribution in [0.25, 0.3) is 0 Å². The van der Waals surface area contributed by atoms with Crippen molar-refractivity contribution in [2.45, 2.75) is 51.0 Å². The van der Waals surface area contributed by atoms with Crippen molar-refractivity contribution in [2.75, 3.05) is 45.9 Å². The molecule has 0 aromatic carbocycles. The van der Waals surface area contributed by atoms with E-state index in [2.05, 4.69) is 15.0 Å². The highest BCUT2D eigenvalue weighted by Gasteiger charge is 2.23. The minimum absolute atomic E-state index is 0.164. The van der Waals surface area contributed by atoms with Gasteiger partial charge in [0.25, 0.3) is 0 Å². The average Bonchev–Trinajstić information content (AvgIpc) is 2.55. The van der Waals surface area contributed by atoms with Gasteiger partial charge in [-0.1, -0.05) is 18.0 Å². The lowest BCUT2D eigenvalue weighted by atomic mass is 10.1. The van der Waals surface area contributed by atoms with Crippen molar-refractivity contribution >= 4 is 5.90 Å². The fourth-order valence-electron chi connectivity index (χ4n) is 3.50. The van der Waals surface area contributed by atoms with Crippen LogP contribution < -0.4 is 0 Å². The third-order valence-corrected chi connectivity index (χ3v) is 4.73. The van der Waals surface area contributed by atoms with Gasteiger partial charge >= 0.3 is 0 Å². The number of ether oxygens (including phenoxy) is 1. The van der Waals surface area contributed by atoms with Crippen molar-refractivity contribution in [1.29, 1.82) is 0 Å². The van der Waals surface area contributed by atoms with E-state index >= 15 is 0 Å². The maximum atomic E-state index is 6.04. The quantitative estimate of drug-likeness (QED) is 0.778. The summed E-state index contributed by atoms with van der Waals surface area (Å²) in [4.78, 5) is 10.4. The van der Waals surface area contributed by atoms with Crippen molar-refractivity contribution < 1.29 is 9.57 Å². The minimum Gasteiger partial charge on any atom is -0.470 e. The Morgan fingerprint density at radius 1 is 0.905 bits per heavy atom. The molecular weight excluding hydrogens is 266 g/mol. The standard InChI is InChI=1S/C16H29N3O2/c1-3-8-18(9-4-1)12-7-16-17-20-14-15(21-16)13-19-10-5-2-6-11-19/h15H,1-14H2/t15-/m0/s1. The van der Waals surface area contributed by atoms with Crippen LogP contribution in [-0.4, -0.2) is 67.7 Å². The van der Waals surface area contributed by atoms with E-state index in [1.54, 1.807) is 0 Å². The third-order valence-electron chi connectivity index (χ3n) is 4.73. The molecule has 0 N–H and O–H groups in total. The smallest absolute Gasteiger partial charge is 0.227 e. The van der Waals surface area contributed by atoms with E-state index in [-0.39, 0.29) is 6.10 Å². The van der Waals surface area contributed by atoms with Gasteiger partial charge in [-0.3, -0.25) is 4.90 Å². The van der Waals surface area contributed by atoms with E-state index < -0.39 is 0 Å². The number of oxime groups is 1. The summed E-state index contributed by atoms with van der Waals surface area (Å²) in [5, 5.41) is 4.11. The zero-order valence-corrected chi connectivity index (χ0v) is 13.1. The molecule has 120 valence electrons. The molecule has 0 aromatic heterocycles. The average molecular weight is 295 g/mol. The Labute approximate surface area is 128 Å². The summed E-state index contributed by atoms with van der Waals surface area (Å²) < 4.78 is 6.04. The van der Waals surface area contributed by atoms with Crippen LogP contribution in [0.4, 0.5) is 0 Å². The SMILES string of the molecule is C1CCN(CCC2=NOC[C@H](CN3CCCCC3)O2)CC1. The monoisotopic (exact) mass is 295 g/mol. The van der Waals surface area contributed by atoms with Gasteiger partial charge < -0.3 is 14.5 Å². The molecule has 3 aliphatic rings. The number of rotatable bonds is 5. The molecule has 3 aliphatic heterocycles. The summed E-state index contributed by atoms with van der Waals surface area (Å²) >= 11 is 0. The van der Waals surface area contributed by atoms with Gasteiger partial charge in [0.05, 0.1) is 0 Å². The lowest BCUT2D eigenvalue weighted by molar-refractivity contribution is -0.0123. The second-order valence-electron chi connectivity index (χ2n) is 6.53. The zero-order chi connectivity index (χ0) is 14.3. The molecule has 2 fully saturated rings. The Balaban J connectivity index is 1.38. The highest BCUT2D eigenvalue weighted by Crippen LogP contribution is 2.14. The molecule has 0 saturated carbocycles. The maximum absolute atomic E-state index is 6.04. The molecule has 3 rings (SSSR count). The van der Waals surface area contributed by atoms with Crippen molar-refractivity contribution in [3.05, 3.63) is 0 Å². The first-order valence-electron chi connectivity index (χ1n) is 8.70. The van der Waals surface area contributed by atoms with Crippen LogP contribution in [0.15, 0.2) is 5.16 Å². The Bertz CT molecular complexity index is 336. The van der Waals surface area contributed by atoms with Gasteiger partial charge in [0.2, 0.25) is 5.90 Å². The molecule has 5 nitrogen and oxygen atoms in total. The molecule has 3 heterocycles.